The lowest BCUT2D eigenvalue weighted by atomic mass is 9.83. The fourth-order valence-corrected chi connectivity index (χ4v) is 2.90. The molecule has 0 bridgehead atoms. The van der Waals surface area contributed by atoms with Crippen LogP contribution in [-0.4, -0.2) is 29.9 Å². The summed E-state index contributed by atoms with van der Waals surface area (Å²) in [5.41, 5.74) is 5.77. The summed E-state index contributed by atoms with van der Waals surface area (Å²) in [6, 6.07) is 0.329. The lowest BCUT2D eigenvalue weighted by molar-refractivity contribution is -0.142. The highest BCUT2D eigenvalue weighted by atomic mass is 16.2. The maximum atomic E-state index is 12.5. The van der Waals surface area contributed by atoms with Gasteiger partial charge in [-0.2, -0.15) is 0 Å². The summed E-state index contributed by atoms with van der Waals surface area (Å²) in [6.45, 7) is 8.54. The molecule has 1 rings (SSSR count). The zero-order valence-corrected chi connectivity index (χ0v) is 12.0. The highest BCUT2D eigenvalue weighted by Gasteiger charge is 2.44. The van der Waals surface area contributed by atoms with Crippen LogP contribution in [0.25, 0.3) is 0 Å². The van der Waals surface area contributed by atoms with E-state index in [2.05, 4.69) is 20.8 Å². The second-order valence-electron chi connectivity index (χ2n) is 6.31. The smallest absolute Gasteiger partial charge is 0.230 e. The van der Waals surface area contributed by atoms with Gasteiger partial charge in [-0.25, -0.2) is 0 Å². The van der Waals surface area contributed by atoms with Crippen molar-refractivity contribution in [1.82, 2.24) is 4.90 Å². The van der Waals surface area contributed by atoms with Crippen molar-refractivity contribution in [3.8, 4) is 0 Å². The molecule has 0 aromatic rings. The molecule has 3 unspecified atom stereocenters. The third-order valence-electron chi connectivity index (χ3n) is 4.31. The monoisotopic (exact) mass is 240 g/mol. The Bertz CT molecular complexity index is 277. The van der Waals surface area contributed by atoms with E-state index < -0.39 is 0 Å². The zero-order valence-electron chi connectivity index (χ0n) is 12.0. The van der Waals surface area contributed by atoms with Crippen molar-refractivity contribution in [3.63, 3.8) is 0 Å². The molecule has 0 saturated heterocycles. The van der Waals surface area contributed by atoms with Gasteiger partial charge in [0.25, 0.3) is 0 Å². The predicted molar refractivity (Wildman–Crippen MR) is 71.6 cm³/mol. The number of nitrogens with two attached hydrogens (primary N) is 1. The summed E-state index contributed by atoms with van der Waals surface area (Å²) in [7, 11) is 1.92. The van der Waals surface area contributed by atoms with Crippen LogP contribution in [0.1, 0.15) is 53.4 Å². The largest absolute Gasteiger partial charge is 0.343 e. The molecule has 0 aliphatic heterocycles. The summed E-state index contributed by atoms with van der Waals surface area (Å²) >= 11 is 0. The first-order valence-electron chi connectivity index (χ1n) is 6.82. The van der Waals surface area contributed by atoms with Crippen LogP contribution in [0.2, 0.25) is 0 Å². The first kappa shape index (κ1) is 14.5. The Kier molecular flexibility index (Phi) is 4.59. The number of nitrogens with zero attached hydrogens (tertiary/aromatic N) is 1. The van der Waals surface area contributed by atoms with Crippen LogP contribution in [0, 0.1) is 11.3 Å². The van der Waals surface area contributed by atoms with E-state index >= 15 is 0 Å². The summed E-state index contributed by atoms with van der Waals surface area (Å²) < 4.78 is 0. The average Bonchev–Trinajstić information content (AvgIpc) is 2.57. The lowest BCUT2D eigenvalue weighted by Gasteiger charge is -2.36. The SMILES string of the molecule is CC(C)CC(C)N(C)C(=O)C1(C)CCCC1N. The van der Waals surface area contributed by atoms with Gasteiger partial charge in [0.1, 0.15) is 0 Å². The Morgan fingerprint density at radius 3 is 2.47 bits per heavy atom. The van der Waals surface area contributed by atoms with Gasteiger partial charge in [-0.05, 0) is 39.0 Å². The van der Waals surface area contributed by atoms with E-state index in [1.165, 1.54) is 0 Å². The minimum absolute atomic E-state index is 0.0312. The van der Waals surface area contributed by atoms with Crippen molar-refractivity contribution in [3.05, 3.63) is 0 Å². The average molecular weight is 240 g/mol. The van der Waals surface area contributed by atoms with Crippen molar-refractivity contribution >= 4 is 5.91 Å². The van der Waals surface area contributed by atoms with Crippen molar-refractivity contribution in [2.75, 3.05) is 7.05 Å². The van der Waals surface area contributed by atoms with E-state index in [9.17, 15) is 4.79 Å². The molecule has 100 valence electrons. The Morgan fingerprint density at radius 2 is 2.06 bits per heavy atom. The lowest BCUT2D eigenvalue weighted by Crippen LogP contribution is -2.50. The van der Waals surface area contributed by atoms with Crippen LogP contribution >= 0.6 is 0 Å². The van der Waals surface area contributed by atoms with E-state index in [1.54, 1.807) is 0 Å². The molecule has 2 N–H and O–H groups in total. The van der Waals surface area contributed by atoms with Crippen molar-refractivity contribution < 1.29 is 4.79 Å². The van der Waals surface area contributed by atoms with Gasteiger partial charge in [0.2, 0.25) is 5.91 Å². The molecular formula is C14H28N2O. The molecule has 1 aliphatic rings. The first-order chi connectivity index (χ1) is 7.79. The van der Waals surface area contributed by atoms with Crippen LogP contribution < -0.4 is 5.73 Å². The first-order valence-corrected chi connectivity index (χ1v) is 6.82. The maximum Gasteiger partial charge on any atom is 0.230 e. The normalized spacial score (nSPS) is 30.6. The summed E-state index contributed by atoms with van der Waals surface area (Å²) in [4.78, 5) is 14.5. The van der Waals surface area contributed by atoms with E-state index in [0.29, 0.717) is 12.0 Å². The molecule has 1 saturated carbocycles. The quantitative estimate of drug-likeness (QED) is 0.820. The Labute approximate surface area is 106 Å². The Hall–Kier alpha value is -0.570. The number of carbonyl (C=O) groups is 1. The molecule has 1 aliphatic carbocycles. The Balaban J connectivity index is 2.69. The molecule has 3 nitrogen and oxygen atoms in total. The molecule has 0 aromatic carbocycles. The van der Waals surface area contributed by atoms with Gasteiger partial charge in [-0.3, -0.25) is 4.79 Å². The standard InChI is InChI=1S/C14H28N2O/c1-10(2)9-11(3)16(5)13(17)14(4)8-6-7-12(14)15/h10-12H,6-9,15H2,1-5H3. The number of hydrogen-bond donors (Lipinski definition) is 1. The molecule has 0 spiro atoms. The second kappa shape index (κ2) is 5.38. The van der Waals surface area contributed by atoms with Crippen LogP contribution in [0.5, 0.6) is 0 Å². The third kappa shape index (κ3) is 3.01. The van der Waals surface area contributed by atoms with Gasteiger partial charge < -0.3 is 10.6 Å². The fraction of sp³-hybridized carbons (Fsp3) is 0.929. The predicted octanol–water partition coefficient (Wildman–Crippen LogP) is 2.40. The van der Waals surface area contributed by atoms with Crippen molar-refractivity contribution in [2.24, 2.45) is 17.1 Å². The molecule has 0 radical (unpaired) electrons. The fourth-order valence-electron chi connectivity index (χ4n) is 2.90. The molecule has 17 heavy (non-hydrogen) atoms. The molecule has 0 aromatic heterocycles. The summed E-state index contributed by atoms with van der Waals surface area (Å²) in [6.07, 6.45) is 4.05. The number of carbonyl (C=O) groups excluding carboxylic acids is 1. The van der Waals surface area contributed by atoms with E-state index in [4.69, 9.17) is 5.73 Å². The summed E-state index contributed by atoms with van der Waals surface area (Å²) in [5.74, 6) is 0.848. The molecular weight excluding hydrogens is 212 g/mol. The number of rotatable bonds is 4. The summed E-state index contributed by atoms with van der Waals surface area (Å²) in [5, 5.41) is 0. The highest BCUT2D eigenvalue weighted by molar-refractivity contribution is 5.83. The van der Waals surface area contributed by atoms with Crippen LogP contribution in [0.3, 0.4) is 0 Å². The van der Waals surface area contributed by atoms with Gasteiger partial charge in [0.15, 0.2) is 0 Å². The minimum atomic E-state index is -0.333. The van der Waals surface area contributed by atoms with Gasteiger partial charge in [-0.1, -0.05) is 20.3 Å². The Morgan fingerprint density at radius 1 is 1.47 bits per heavy atom. The topological polar surface area (TPSA) is 46.3 Å². The van der Waals surface area contributed by atoms with E-state index in [-0.39, 0.29) is 17.4 Å². The maximum absolute atomic E-state index is 12.5. The number of hydrogen-bond acceptors (Lipinski definition) is 2. The molecule has 1 amide bonds. The minimum Gasteiger partial charge on any atom is -0.343 e. The second-order valence-corrected chi connectivity index (χ2v) is 6.31. The third-order valence-corrected chi connectivity index (χ3v) is 4.31. The highest BCUT2D eigenvalue weighted by Crippen LogP contribution is 2.38. The van der Waals surface area contributed by atoms with Gasteiger partial charge >= 0.3 is 0 Å². The van der Waals surface area contributed by atoms with E-state index in [0.717, 1.165) is 25.7 Å². The van der Waals surface area contributed by atoms with E-state index in [1.807, 2.05) is 18.9 Å². The van der Waals surface area contributed by atoms with Gasteiger partial charge in [-0.15, -0.1) is 0 Å². The van der Waals surface area contributed by atoms with Crippen LogP contribution in [0.4, 0.5) is 0 Å². The van der Waals surface area contributed by atoms with Crippen LogP contribution in [-0.2, 0) is 4.79 Å². The number of amides is 1. The van der Waals surface area contributed by atoms with Gasteiger partial charge in [0.05, 0.1) is 5.41 Å². The molecule has 3 atom stereocenters. The van der Waals surface area contributed by atoms with Crippen molar-refractivity contribution in [2.45, 2.75) is 65.5 Å². The molecule has 3 heteroatoms. The molecule has 1 fully saturated rings. The molecule has 0 heterocycles. The van der Waals surface area contributed by atoms with Crippen molar-refractivity contribution in [1.29, 1.82) is 0 Å². The van der Waals surface area contributed by atoms with Gasteiger partial charge in [0, 0.05) is 19.1 Å². The van der Waals surface area contributed by atoms with Crippen LogP contribution in [0.15, 0.2) is 0 Å². The zero-order chi connectivity index (χ0) is 13.2.